The van der Waals surface area contributed by atoms with Gasteiger partial charge < -0.3 is 33.4 Å². The van der Waals surface area contributed by atoms with Crippen LogP contribution < -0.4 is 24.4 Å². The lowest BCUT2D eigenvalue weighted by Gasteiger charge is -2.42. The number of benzene rings is 4. The van der Waals surface area contributed by atoms with Crippen LogP contribution in [0, 0.1) is 0 Å². The standard InChI is InChI=1S/C35H33NO8/c1-35(2)34(43-28(37)14-12-19-11-13-24(40-4)25(15-19)41-5)33(39)30-27(44-35)18-26(42-6)29-31(30)36(3)23-17-21-10-8-7-9-20(21)16-22(23)32(29)38/h7-18,33-34,39H,1-6H3/b14-12+/t33-,34-/m1/s1. The first-order chi connectivity index (χ1) is 21.1. The summed E-state index contributed by atoms with van der Waals surface area (Å²) in [5, 5.41) is 14.6. The van der Waals surface area contributed by atoms with Crippen molar-refractivity contribution >= 4 is 44.6 Å². The third kappa shape index (κ3) is 4.69. The SMILES string of the molecule is COc1ccc(/C=C/C(=O)O[C@@H]2[C@H](O)c3c(cc(OC)c4c(=O)c5cc6ccccc6cc5n(C)c34)OC2(C)C)cc1OC. The van der Waals surface area contributed by atoms with Gasteiger partial charge >= 0.3 is 5.97 Å². The van der Waals surface area contributed by atoms with Crippen LogP contribution in [-0.4, -0.2) is 48.7 Å². The van der Waals surface area contributed by atoms with Crippen molar-refractivity contribution < 1.29 is 33.6 Å². The molecule has 0 bridgehead atoms. The number of methoxy groups -OCH3 is 3. The van der Waals surface area contributed by atoms with Crippen LogP contribution in [0.5, 0.6) is 23.0 Å². The van der Waals surface area contributed by atoms with E-state index in [-0.39, 0.29) is 5.43 Å². The molecule has 5 aromatic rings. The smallest absolute Gasteiger partial charge is 0.331 e. The van der Waals surface area contributed by atoms with E-state index in [0.29, 0.717) is 55.9 Å². The Labute approximate surface area is 253 Å². The molecule has 1 aliphatic rings. The average molecular weight is 596 g/mol. The van der Waals surface area contributed by atoms with Gasteiger partial charge in [-0.25, -0.2) is 4.79 Å². The molecular formula is C35H33NO8. The van der Waals surface area contributed by atoms with Gasteiger partial charge in [-0.1, -0.05) is 30.3 Å². The molecule has 0 saturated carbocycles. The predicted octanol–water partition coefficient (Wildman–Crippen LogP) is 5.70. The van der Waals surface area contributed by atoms with Crippen molar-refractivity contribution in [1.82, 2.24) is 4.57 Å². The third-order valence-corrected chi connectivity index (χ3v) is 8.22. The van der Waals surface area contributed by atoms with E-state index in [2.05, 4.69) is 0 Å². The fourth-order valence-corrected chi connectivity index (χ4v) is 6.04. The first-order valence-corrected chi connectivity index (χ1v) is 14.1. The van der Waals surface area contributed by atoms with Gasteiger partial charge in [0.2, 0.25) is 5.43 Å². The number of esters is 1. The predicted molar refractivity (Wildman–Crippen MR) is 169 cm³/mol. The van der Waals surface area contributed by atoms with Crippen molar-refractivity contribution in [2.75, 3.05) is 21.3 Å². The minimum absolute atomic E-state index is 0.234. The molecule has 0 radical (unpaired) electrons. The quantitative estimate of drug-likeness (QED) is 0.151. The Morgan fingerprint density at radius 2 is 1.61 bits per heavy atom. The summed E-state index contributed by atoms with van der Waals surface area (Å²) < 4.78 is 30.4. The Balaban J connectivity index is 1.45. The number of rotatable bonds is 6. The molecule has 226 valence electrons. The van der Waals surface area contributed by atoms with Gasteiger partial charge in [0, 0.05) is 24.6 Å². The van der Waals surface area contributed by atoms with Gasteiger partial charge in [0.15, 0.2) is 17.6 Å². The van der Waals surface area contributed by atoms with E-state index in [1.54, 1.807) is 51.3 Å². The minimum Gasteiger partial charge on any atom is -0.496 e. The fraction of sp³-hybridized carbons (Fsp3) is 0.257. The van der Waals surface area contributed by atoms with E-state index < -0.39 is 23.8 Å². The Hall–Kier alpha value is -5.02. The van der Waals surface area contributed by atoms with Gasteiger partial charge in [0.05, 0.1) is 43.3 Å². The maximum atomic E-state index is 14.0. The first kappa shape index (κ1) is 29.1. The maximum absolute atomic E-state index is 14.0. The number of hydrogen-bond acceptors (Lipinski definition) is 8. The number of aryl methyl sites for hydroxylation is 1. The average Bonchev–Trinajstić information content (AvgIpc) is 3.02. The zero-order valence-electron chi connectivity index (χ0n) is 25.3. The molecule has 0 aliphatic carbocycles. The maximum Gasteiger partial charge on any atom is 0.331 e. The van der Waals surface area contributed by atoms with E-state index in [9.17, 15) is 14.7 Å². The molecule has 1 aliphatic heterocycles. The highest BCUT2D eigenvalue weighted by atomic mass is 16.6. The second-order valence-electron chi connectivity index (χ2n) is 11.3. The Morgan fingerprint density at radius 1 is 0.932 bits per heavy atom. The van der Waals surface area contributed by atoms with Crippen LogP contribution >= 0.6 is 0 Å². The van der Waals surface area contributed by atoms with Gasteiger partial charge in [-0.3, -0.25) is 4.79 Å². The van der Waals surface area contributed by atoms with Gasteiger partial charge in [0.1, 0.15) is 23.2 Å². The summed E-state index contributed by atoms with van der Waals surface area (Å²) in [6.45, 7) is 3.47. The number of aromatic nitrogens is 1. The number of nitrogens with zero attached hydrogens (tertiary/aromatic N) is 1. The molecule has 1 aromatic heterocycles. The van der Waals surface area contributed by atoms with E-state index in [1.165, 1.54) is 20.3 Å². The lowest BCUT2D eigenvalue weighted by Crippen LogP contribution is -2.51. The molecule has 2 atom stereocenters. The number of fused-ring (bicyclic) bond motifs is 5. The van der Waals surface area contributed by atoms with Crippen LogP contribution in [0.4, 0.5) is 0 Å². The molecule has 1 N–H and O–H groups in total. The van der Waals surface area contributed by atoms with Gasteiger partial charge in [-0.2, -0.15) is 0 Å². The number of pyridine rings is 1. The van der Waals surface area contributed by atoms with Crippen molar-refractivity contribution in [2.45, 2.75) is 31.7 Å². The molecule has 0 fully saturated rings. The summed E-state index contributed by atoms with van der Waals surface area (Å²) in [4.78, 5) is 27.1. The topological polar surface area (TPSA) is 105 Å². The lowest BCUT2D eigenvalue weighted by molar-refractivity contribution is -0.171. The van der Waals surface area contributed by atoms with Crippen LogP contribution in [0.2, 0.25) is 0 Å². The molecule has 2 heterocycles. The number of aliphatic hydroxyl groups excluding tert-OH is 1. The van der Waals surface area contributed by atoms with Crippen molar-refractivity contribution in [3.63, 3.8) is 0 Å². The van der Waals surface area contributed by atoms with Gasteiger partial charge in [0.25, 0.3) is 0 Å². The highest BCUT2D eigenvalue weighted by Crippen LogP contribution is 2.47. The minimum atomic E-state index is -1.32. The molecule has 4 aromatic carbocycles. The van der Waals surface area contributed by atoms with Crippen LogP contribution in [0.25, 0.3) is 38.7 Å². The summed E-state index contributed by atoms with van der Waals surface area (Å²) in [6.07, 6.45) is 0.447. The van der Waals surface area contributed by atoms with Crippen LogP contribution in [0.3, 0.4) is 0 Å². The van der Waals surface area contributed by atoms with Gasteiger partial charge in [-0.15, -0.1) is 0 Å². The summed E-state index contributed by atoms with van der Waals surface area (Å²) >= 11 is 0. The molecule has 6 rings (SSSR count). The fourth-order valence-electron chi connectivity index (χ4n) is 6.04. The Bertz CT molecular complexity index is 2040. The molecule has 44 heavy (non-hydrogen) atoms. The first-order valence-electron chi connectivity index (χ1n) is 14.1. The number of carbonyl (C=O) groups is 1. The van der Waals surface area contributed by atoms with Crippen molar-refractivity contribution in [3.05, 3.63) is 88.1 Å². The molecule has 9 heteroatoms. The van der Waals surface area contributed by atoms with E-state index in [0.717, 1.165) is 10.8 Å². The second kappa shape index (κ2) is 10.9. The summed E-state index contributed by atoms with van der Waals surface area (Å²) in [5.41, 5.74) is 0.803. The monoisotopic (exact) mass is 595 g/mol. The van der Waals surface area contributed by atoms with E-state index in [1.807, 2.05) is 48.0 Å². The van der Waals surface area contributed by atoms with E-state index in [4.69, 9.17) is 23.7 Å². The van der Waals surface area contributed by atoms with Crippen molar-refractivity contribution in [2.24, 2.45) is 7.05 Å². The zero-order valence-corrected chi connectivity index (χ0v) is 25.3. The van der Waals surface area contributed by atoms with Gasteiger partial charge in [-0.05, 0) is 60.5 Å². The highest BCUT2D eigenvalue weighted by Gasteiger charge is 2.47. The number of ether oxygens (including phenoxy) is 5. The molecule has 0 spiro atoms. The molecule has 0 amide bonds. The molecular weight excluding hydrogens is 562 g/mol. The van der Waals surface area contributed by atoms with Crippen LogP contribution in [0.1, 0.15) is 31.1 Å². The Morgan fingerprint density at radius 3 is 2.30 bits per heavy atom. The molecule has 0 unspecified atom stereocenters. The summed E-state index contributed by atoms with van der Waals surface area (Å²) in [7, 11) is 6.40. The number of aliphatic hydroxyl groups is 1. The zero-order chi connectivity index (χ0) is 31.3. The summed E-state index contributed by atoms with van der Waals surface area (Å²) in [5.74, 6) is 1.08. The molecule has 0 saturated heterocycles. The third-order valence-electron chi connectivity index (χ3n) is 8.22. The summed E-state index contributed by atoms with van der Waals surface area (Å²) in [6, 6.07) is 18.5. The highest BCUT2D eigenvalue weighted by molar-refractivity contribution is 6.04. The van der Waals surface area contributed by atoms with Crippen LogP contribution in [-0.2, 0) is 16.6 Å². The number of hydrogen-bond donors (Lipinski definition) is 1. The largest absolute Gasteiger partial charge is 0.496 e. The lowest BCUT2D eigenvalue weighted by atomic mass is 9.86. The van der Waals surface area contributed by atoms with Crippen molar-refractivity contribution in [3.8, 4) is 23.0 Å². The van der Waals surface area contributed by atoms with Crippen LogP contribution in [0.15, 0.2) is 71.5 Å². The Kier molecular flexibility index (Phi) is 7.21. The number of carbonyl (C=O) groups excluding carboxylic acids is 1. The molecule has 9 nitrogen and oxygen atoms in total. The second-order valence-corrected chi connectivity index (χ2v) is 11.3. The van der Waals surface area contributed by atoms with Crippen molar-refractivity contribution in [1.29, 1.82) is 0 Å². The normalized spacial score (nSPS) is 17.4. The van der Waals surface area contributed by atoms with E-state index >= 15 is 0 Å².